The third kappa shape index (κ3) is 3.90. The molecule has 0 fully saturated rings. The van der Waals surface area contributed by atoms with E-state index in [0.717, 1.165) is 25.3 Å². The first-order chi connectivity index (χ1) is 7.27. The van der Waals surface area contributed by atoms with Crippen LogP contribution < -0.4 is 15.8 Å². The molecule has 1 aromatic carbocycles. The van der Waals surface area contributed by atoms with Crippen molar-refractivity contribution >= 4 is 0 Å². The standard InChI is InChI=1S/C12H20N2O/c1-10(14-8-4-7-13)11-5-3-6-12(9-11)15-2/h3,5-6,9-10,14H,4,7-8,13H2,1-2H3. The second-order valence-electron chi connectivity index (χ2n) is 3.59. The molecule has 1 atom stereocenters. The van der Waals surface area contributed by atoms with Crippen LogP contribution in [-0.4, -0.2) is 20.2 Å². The predicted octanol–water partition coefficient (Wildman–Crippen LogP) is 1.69. The van der Waals surface area contributed by atoms with Gasteiger partial charge in [0, 0.05) is 6.04 Å². The molecule has 0 saturated carbocycles. The fourth-order valence-electron chi connectivity index (χ4n) is 1.45. The van der Waals surface area contributed by atoms with E-state index in [4.69, 9.17) is 10.5 Å². The molecule has 3 N–H and O–H groups in total. The molecule has 0 aliphatic carbocycles. The zero-order chi connectivity index (χ0) is 11.1. The van der Waals surface area contributed by atoms with Crippen molar-refractivity contribution in [2.75, 3.05) is 20.2 Å². The van der Waals surface area contributed by atoms with Crippen molar-refractivity contribution in [1.29, 1.82) is 0 Å². The monoisotopic (exact) mass is 208 g/mol. The van der Waals surface area contributed by atoms with Gasteiger partial charge in [-0.1, -0.05) is 12.1 Å². The lowest BCUT2D eigenvalue weighted by Gasteiger charge is -2.14. The quantitative estimate of drug-likeness (QED) is 0.699. The van der Waals surface area contributed by atoms with Gasteiger partial charge in [-0.05, 0) is 44.1 Å². The number of methoxy groups -OCH3 is 1. The van der Waals surface area contributed by atoms with E-state index in [9.17, 15) is 0 Å². The Morgan fingerprint density at radius 3 is 2.93 bits per heavy atom. The molecule has 3 heteroatoms. The van der Waals surface area contributed by atoms with Gasteiger partial charge in [-0.25, -0.2) is 0 Å². The summed E-state index contributed by atoms with van der Waals surface area (Å²) < 4.78 is 5.18. The maximum atomic E-state index is 5.44. The van der Waals surface area contributed by atoms with Crippen molar-refractivity contribution in [2.24, 2.45) is 5.73 Å². The van der Waals surface area contributed by atoms with E-state index in [1.165, 1.54) is 5.56 Å². The van der Waals surface area contributed by atoms with E-state index in [1.54, 1.807) is 7.11 Å². The summed E-state index contributed by atoms with van der Waals surface area (Å²) in [5.74, 6) is 0.903. The molecule has 0 heterocycles. The van der Waals surface area contributed by atoms with Gasteiger partial charge in [-0.2, -0.15) is 0 Å². The number of nitrogens with two attached hydrogens (primary N) is 1. The number of hydrogen-bond acceptors (Lipinski definition) is 3. The Morgan fingerprint density at radius 1 is 1.47 bits per heavy atom. The van der Waals surface area contributed by atoms with Gasteiger partial charge >= 0.3 is 0 Å². The highest BCUT2D eigenvalue weighted by Gasteiger charge is 2.04. The van der Waals surface area contributed by atoms with Crippen LogP contribution in [0.25, 0.3) is 0 Å². The number of rotatable bonds is 6. The summed E-state index contributed by atoms with van der Waals surface area (Å²) >= 11 is 0. The molecule has 0 aliphatic heterocycles. The summed E-state index contributed by atoms with van der Waals surface area (Å²) in [5.41, 5.74) is 6.68. The summed E-state index contributed by atoms with van der Waals surface area (Å²) in [7, 11) is 1.69. The Hall–Kier alpha value is -1.06. The fraction of sp³-hybridized carbons (Fsp3) is 0.500. The van der Waals surface area contributed by atoms with Crippen LogP contribution in [0.5, 0.6) is 5.75 Å². The molecule has 1 unspecified atom stereocenters. The van der Waals surface area contributed by atoms with Crippen molar-refractivity contribution in [3.63, 3.8) is 0 Å². The zero-order valence-corrected chi connectivity index (χ0v) is 9.49. The lowest BCUT2D eigenvalue weighted by Crippen LogP contribution is -2.21. The molecule has 1 rings (SSSR count). The molecule has 0 aliphatic rings. The molecular weight excluding hydrogens is 188 g/mol. The Bertz CT molecular complexity index is 289. The molecule has 0 spiro atoms. The molecule has 15 heavy (non-hydrogen) atoms. The summed E-state index contributed by atoms with van der Waals surface area (Å²) in [5, 5.41) is 3.42. The van der Waals surface area contributed by atoms with E-state index in [1.807, 2.05) is 12.1 Å². The molecule has 0 bridgehead atoms. The molecule has 0 aromatic heterocycles. The smallest absolute Gasteiger partial charge is 0.119 e. The second kappa shape index (κ2) is 6.43. The Labute approximate surface area is 91.6 Å². The van der Waals surface area contributed by atoms with E-state index in [0.29, 0.717) is 6.04 Å². The van der Waals surface area contributed by atoms with E-state index >= 15 is 0 Å². The van der Waals surface area contributed by atoms with E-state index in [-0.39, 0.29) is 0 Å². The van der Waals surface area contributed by atoms with Crippen LogP contribution in [0.1, 0.15) is 24.9 Å². The van der Waals surface area contributed by atoms with Crippen LogP contribution in [0.15, 0.2) is 24.3 Å². The molecular formula is C12H20N2O. The third-order valence-electron chi connectivity index (χ3n) is 2.43. The maximum Gasteiger partial charge on any atom is 0.119 e. The van der Waals surface area contributed by atoms with Gasteiger partial charge < -0.3 is 15.8 Å². The van der Waals surface area contributed by atoms with Crippen molar-refractivity contribution in [3.05, 3.63) is 29.8 Å². The van der Waals surface area contributed by atoms with Gasteiger partial charge in [0.2, 0.25) is 0 Å². The normalized spacial score (nSPS) is 12.5. The van der Waals surface area contributed by atoms with E-state index in [2.05, 4.69) is 24.4 Å². The Balaban J connectivity index is 2.52. The molecule has 0 amide bonds. The van der Waals surface area contributed by atoms with Crippen LogP contribution in [0.3, 0.4) is 0 Å². The van der Waals surface area contributed by atoms with Crippen molar-refractivity contribution in [1.82, 2.24) is 5.32 Å². The predicted molar refractivity (Wildman–Crippen MR) is 63.1 cm³/mol. The number of hydrogen-bond donors (Lipinski definition) is 2. The van der Waals surface area contributed by atoms with Gasteiger partial charge in [-0.3, -0.25) is 0 Å². The highest BCUT2D eigenvalue weighted by Crippen LogP contribution is 2.18. The highest BCUT2D eigenvalue weighted by molar-refractivity contribution is 5.30. The van der Waals surface area contributed by atoms with Crippen molar-refractivity contribution in [2.45, 2.75) is 19.4 Å². The van der Waals surface area contributed by atoms with Crippen molar-refractivity contribution in [3.8, 4) is 5.75 Å². The lowest BCUT2D eigenvalue weighted by atomic mass is 10.1. The topological polar surface area (TPSA) is 47.3 Å². The van der Waals surface area contributed by atoms with Crippen LogP contribution in [0.2, 0.25) is 0 Å². The number of benzene rings is 1. The van der Waals surface area contributed by atoms with Gasteiger partial charge in [-0.15, -0.1) is 0 Å². The summed E-state index contributed by atoms with van der Waals surface area (Å²) in [6, 6.07) is 8.46. The number of nitrogens with one attached hydrogen (secondary N) is 1. The zero-order valence-electron chi connectivity index (χ0n) is 9.49. The van der Waals surface area contributed by atoms with Crippen LogP contribution >= 0.6 is 0 Å². The molecule has 1 aromatic rings. The lowest BCUT2D eigenvalue weighted by molar-refractivity contribution is 0.413. The summed E-state index contributed by atoms with van der Waals surface area (Å²) in [6.45, 7) is 3.83. The first-order valence-corrected chi connectivity index (χ1v) is 5.35. The largest absolute Gasteiger partial charge is 0.497 e. The van der Waals surface area contributed by atoms with Crippen LogP contribution in [-0.2, 0) is 0 Å². The van der Waals surface area contributed by atoms with Crippen LogP contribution in [0, 0.1) is 0 Å². The van der Waals surface area contributed by atoms with Gasteiger partial charge in [0.25, 0.3) is 0 Å². The fourth-order valence-corrected chi connectivity index (χ4v) is 1.45. The average Bonchev–Trinajstić information content (AvgIpc) is 2.29. The first-order valence-electron chi connectivity index (χ1n) is 5.35. The molecule has 0 radical (unpaired) electrons. The van der Waals surface area contributed by atoms with Gasteiger partial charge in [0.05, 0.1) is 7.11 Å². The first kappa shape index (κ1) is 12.0. The van der Waals surface area contributed by atoms with E-state index < -0.39 is 0 Å². The van der Waals surface area contributed by atoms with Gasteiger partial charge in [0.1, 0.15) is 5.75 Å². The number of ether oxygens (including phenoxy) is 1. The summed E-state index contributed by atoms with van der Waals surface area (Å²) in [4.78, 5) is 0. The van der Waals surface area contributed by atoms with Crippen LogP contribution in [0.4, 0.5) is 0 Å². The SMILES string of the molecule is COc1cccc(C(C)NCCCN)c1. The molecule has 0 saturated heterocycles. The van der Waals surface area contributed by atoms with Gasteiger partial charge in [0.15, 0.2) is 0 Å². The highest BCUT2D eigenvalue weighted by atomic mass is 16.5. The second-order valence-corrected chi connectivity index (χ2v) is 3.59. The third-order valence-corrected chi connectivity index (χ3v) is 2.43. The minimum absolute atomic E-state index is 0.339. The average molecular weight is 208 g/mol. The van der Waals surface area contributed by atoms with Crippen molar-refractivity contribution < 1.29 is 4.74 Å². The minimum Gasteiger partial charge on any atom is -0.497 e. The Morgan fingerprint density at radius 2 is 2.27 bits per heavy atom. The minimum atomic E-state index is 0.339. The Kier molecular flexibility index (Phi) is 5.15. The maximum absolute atomic E-state index is 5.44. The molecule has 3 nitrogen and oxygen atoms in total. The molecule has 84 valence electrons. The summed E-state index contributed by atoms with van der Waals surface area (Å²) in [6.07, 6.45) is 1.01.